The smallest absolute Gasteiger partial charge is 0.202 e. The summed E-state index contributed by atoms with van der Waals surface area (Å²) in [5.74, 6) is 1.26. The molecule has 0 N–H and O–H groups in total. The maximum absolute atomic E-state index is 12.7. The van der Waals surface area contributed by atoms with E-state index >= 15 is 0 Å². The molecule has 0 radical (unpaired) electrons. The SMILES string of the molecule is COc1ccc(-c2coc3cc(OC)cc(Cl)c3c2=O)cc1. The second-order valence-electron chi connectivity index (χ2n) is 4.69. The van der Waals surface area contributed by atoms with Crippen LogP contribution in [-0.4, -0.2) is 14.2 Å². The van der Waals surface area contributed by atoms with Crippen molar-refractivity contribution in [2.75, 3.05) is 14.2 Å². The van der Waals surface area contributed by atoms with Crippen LogP contribution in [-0.2, 0) is 0 Å². The molecule has 0 saturated heterocycles. The Balaban J connectivity index is 2.21. The highest BCUT2D eigenvalue weighted by Gasteiger charge is 2.13. The topological polar surface area (TPSA) is 48.7 Å². The van der Waals surface area contributed by atoms with Gasteiger partial charge in [-0.1, -0.05) is 23.7 Å². The highest BCUT2D eigenvalue weighted by Crippen LogP contribution is 2.29. The summed E-state index contributed by atoms with van der Waals surface area (Å²) in [6.45, 7) is 0. The van der Waals surface area contributed by atoms with Gasteiger partial charge in [-0.3, -0.25) is 4.79 Å². The Labute approximate surface area is 131 Å². The lowest BCUT2D eigenvalue weighted by molar-refractivity contribution is 0.414. The van der Waals surface area contributed by atoms with Crippen LogP contribution in [0.25, 0.3) is 22.1 Å². The molecule has 0 unspecified atom stereocenters. The van der Waals surface area contributed by atoms with Gasteiger partial charge in [-0.2, -0.15) is 0 Å². The van der Waals surface area contributed by atoms with Gasteiger partial charge in [0.15, 0.2) is 0 Å². The molecule has 0 fully saturated rings. The standard InChI is InChI=1S/C17H13ClO4/c1-20-11-5-3-10(4-6-11)13-9-22-15-8-12(21-2)7-14(18)16(15)17(13)19/h3-9H,1-2H3. The monoisotopic (exact) mass is 316 g/mol. The molecule has 2 aromatic carbocycles. The van der Waals surface area contributed by atoms with Crippen LogP contribution < -0.4 is 14.9 Å². The van der Waals surface area contributed by atoms with Crippen LogP contribution in [0.2, 0.25) is 5.02 Å². The molecule has 0 aliphatic heterocycles. The van der Waals surface area contributed by atoms with E-state index in [1.165, 1.54) is 13.4 Å². The van der Waals surface area contributed by atoms with Crippen molar-refractivity contribution in [1.82, 2.24) is 0 Å². The number of hydrogen-bond acceptors (Lipinski definition) is 4. The van der Waals surface area contributed by atoms with Gasteiger partial charge in [-0.15, -0.1) is 0 Å². The van der Waals surface area contributed by atoms with Gasteiger partial charge >= 0.3 is 0 Å². The second kappa shape index (κ2) is 5.73. The number of methoxy groups -OCH3 is 2. The summed E-state index contributed by atoms with van der Waals surface area (Å²) in [6, 6.07) is 10.4. The minimum atomic E-state index is -0.181. The van der Waals surface area contributed by atoms with Crippen molar-refractivity contribution in [3.63, 3.8) is 0 Å². The first kappa shape index (κ1) is 14.5. The first-order chi connectivity index (χ1) is 10.6. The Kier molecular flexibility index (Phi) is 3.77. The minimum absolute atomic E-state index is 0.181. The van der Waals surface area contributed by atoms with Crippen molar-refractivity contribution in [1.29, 1.82) is 0 Å². The van der Waals surface area contributed by atoms with Gasteiger partial charge in [0.05, 0.1) is 30.2 Å². The van der Waals surface area contributed by atoms with E-state index in [-0.39, 0.29) is 5.43 Å². The third-order valence-corrected chi connectivity index (χ3v) is 3.74. The summed E-state index contributed by atoms with van der Waals surface area (Å²) in [6.07, 6.45) is 1.43. The van der Waals surface area contributed by atoms with E-state index in [0.717, 1.165) is 11.3 Å². The van der Waals surface area contributed by atoms with Crippen molar-refractivity contribution in [2.45, 2.75) is 0 Å². The van der Waals surface area contributed by atoms with Crippen LogP contribution in [0.3, 0.4) is 0 Å². The van der Waals surface area contributed by atoms with Crippen LogP contribution in [0.15, 0.2) is 51.9 Å². The fourth-order valence-corrected chi connectivity index (χ4v) is 2.56. The highest BCUT2D eigenvalue weighted by molar-refractivity contribution is 6.35. The molecule has 1 heterocycles. The number of halogens is 1. The zero-order valence-electron chi connectivity index (χ0n) is 12.1. The fourth-order valence-electron chi connectivity index (χ4n) is 2.27. The summed E-state index contributed by atoms with van der Waals surface area (Å²) < 4.78 is 15.8. The summed E-state index contributed by atoms with van der Waals surface area (Å²) >= 11 is 6.19. The van der Waals surface area contributed by atoms with Gasteiger partial charge in [0.1, 0.15) is 23.3 Å². The van der Waals surface area contributed by atoms with E-state index in [1.54, 1.807) is 43.5 Å². The number of benzene rings is 2. The van der Waals surface area contributed by atoms with Gasteiger partial charge in [0.25, 0.3) is 0 Å². The maximum Gasteiger partial charge on any atom is 0.202 e. The van der Waals surface area contributed by atoms with Crippen LogP contribution >= 0.6 is 11.6 Å². The number of hydrogen-bond donors (Lipinski definition) is 0. The Morgan fingerprint density at radius 1 is 1.00 bits per heavy atom. The van der Waals surface area contributed by atoms with Gasteiger partial charge in [0, 0.05) is 6.07 Å². The molecule has 112 valence electrons. The third kappa shape index (κ3) is 2.42. The van der Waals surface area contributed by atoms with E-state index < -0.39 is 0 Å². The fraction of sp³-hybridized carbons (Fsp3) is 0.118. The van der Waals surface area contributed by atoms with Crippen molar-refractivity contribution in [3.05, 3.63) is 57.9 Å². The Bertz CT molecular complexity index is 882. The summed E-state index contributed by atoms with van der Waals surface area (Å²) in [4.78, 5) is 12.7. The quantitative estimate of drug-likeness (QED) is 0.729. The predicted octanol–water partition coefficient (Wildman–Crippen LogP) is 4.13. The molecule has 0 bridgehead atoms. The molecule has 0 saturated carbocycles. The lowest BCUT2D eigenvalue weighted by Gasteiger charge is -2.07. The van der Waals surface area contributed by atoms with Crippen LogP contribution in [0.4, 0.5) is 0 Å². The second-order valence-corrected chi connectivity index (χ2v) is 5.10. The van der Waals surface area contributed by atoms with Gasteiger partial charge in [-0.25, -0.2) is 0 Å². The van der Waals surface area contributed by atoms with Crippen molar-refractivity contribution >= 4 is 22.6 Å². The Hall–Kier alpha value is -2.46. The van der Waals surface area contributed by atoms with Gasteiger partial charge in [0.2, 0.25) is 5.43 Å². The van der Waals surface area contributed by atoms with Crippen LogP contribution in [0, 0.1) is 0 Å². The highest BCUT2D eigenvalue weighted by atomic mass is 35.5. The first-order valence-electron chi connectivity index (χ1n) is 6.57. The minimum Gasteiger partial charge on any atom is -0.497 e. The molecule has 3 rings (SSSR count). The Morgan fingerprint density at radius 3 is 2.32 bits per heavy atom. The number of fused-ring (bicyclic) bond motifs is 1. The normalized spacial score (nSPS) is 10.7. The van der Waals surface area contributed by atoms with Crippen molar-refractivity contribution in [2.24, 2.45) is 0 Å². The average Bonchev–Trinajstić information content (AvgIpc) is 2.55. The molecule has 5 heteroatoms. The molecule has 22 heavy (non-hydrogen) atoms. The molecule has 0 amide bonds. The molecule has 1 aromatic heterocycles. The zero-order chi connectivity index (χ0) is 15.7. The van der Waals surface area contributed by atoms with Gasteiger partial charge < -0.3 is 13.9 Å². The lowest BCUT2D eigenvalue weighted by atomic mass is 10.1. The summed E-state index contributed by atoms with van der Waals surface area (Å²) in [7, 11) is 3.12. The summed E-state index contributed by atoms with van der Waals surface area (Å²) in [5.41, 5.74) is 1.40. The number of ether oxygens (including phenoxy) is 2. The Morgan fingerprint density at radius 2 is 1.68 bits per heavy atom. The zero-order valence-corrected chi connectivity index (χ0v) is 12.8. The van der Waals surface area contributed by atoms with E-state index in [2.05, 4.69) is 0 Å². The molecule has 4 nitrogen and oxygen atoms in total. The molecule has 0 atom stereocenters. The molecule has 0 aliphatic rings. The maximum atomic E-state index is 12.7. The van der Waals surface area contributed by atoms with Crippen molar-refractivity contribution < 1.29 is 13.9 Å². The molecular formula is C17H13ClO4. The average molecular weight is 317 g/mol. The van der Waals surface area contributed by atoms with Crippen molar-refractivity contribution in [3.8, 4) is 22.6 Å². The largest absolute Gasteiger partial charge is 0.497 e. The van der Waals surface area contributed by atoms with E-state index in [4.69, 9.17) is 25.5 Å². The molecule has 0 aliphatic carbocycles. The van der Waals surface area contributed by atoms with E-state index in [1.807, 2.05) is 0 Å². The third-order valence-electron chi connectivity index (χ3n) is 3.44. The predicted molar refractivity (Wildman–Crippen MR) is 86.0 cm³/mol. The molecule has 0 spiro atoms. The molecule has 3 aromatic rings. The van der Waals surface area contributed by atoms with Gasteiger partial charge in [-0.05, 0) is 23.8 Å². The van der Waals surface area contributed by atoms with E-state index in [0.29, 0.717) is 27.3 Å². The number of rotatable bonds is 3. The first-order valence-corrected chi connectivity index (χ1v) is 6.95. The van der Waals surface area contributed by atoms with E-state index in [9.17, 15) is 4.79 Å². The van der Waals surface area contributed by atoms with Crippen LogP contribution in [0.1, 0.15) is 0 Å². The van der Waals surface area contributed by atoms with Crippen LogP contribution in [0.5, 0.6) is 11.5 Å². The molecular weight excluding hydrogens is 304 g/mol. The lowest BCUT2D eigenvalue weighted by Crippen LogP contribution is -2.05. The summed E-state index contributed by atoms with van der Waals surface area (Å²) in [5, 5.41) is 0.647.